The van der Waals surface area contributed by atoms with E-state index >= 15 is 0 Å². The first-order chi connectivity index (χ1) is 7.61. The van der Waals surface area contributed by atoms with Gasteiger partial charge in [0.05, 0.1) is 0 Å². The van der Waals surface area contributed by atoms with Crippen molar-refractivity contribution in [2.75, 3.05) is 11.9 Å². The van der Waals surface area contributed by atoms with E-state index in [1.165, 1.54) is 0 Å². The fourth-order valence-corrected chi connectivity index (χ4v) is 2.20. The first-order valence-electron chi connectivity index (χ1n) is 5.73. The van der Waals surface area contributed by atoms with E-state index in [-0.39, 0.29) is 0 Å². The number of anilines is 1. The van der Waals surface area contributed by atoms with E-state index in [1.54, 1.807) is 0 Å². The minimum absolute atomic E-state index is 0.466. The fourth-order valence-electron chi connectivity index (χ4n) is 2.02. The minimum Gasteiger partial charge on any atom is -0.389 e. The van der Waals surface area contributed by atoms with E-state index < -0.39 is 0 Å². The van der Waals surface area contributed by atoms with E-state index in [2.05, 4.69) is 31.9 Å². The molecule has 0 aliphatic carbocycles. The van der Waals surface area contributed by atoms with Crippen LogP contribution in [-0.2, 0) is 0 Å². The van der Waals surface area contributed by atoms with Crippen LogP contribution in [0.15, 0.2) is 24.3 Å². The Labute approximate surface area is 103 Å². The Kier molecular flexibility index (Phi) is 4.74. The number of hydrogen-bond donors (Lipinski definition) is 1. The van der Waals surface area contributed by atoms with Gasteiger partial charge in [-0.25, -0.2) is 0 Å². The van der Waals surface area contributed by atoms with E-state index in [9.17, 15) is 0 Å². The number of para-hydroxylation sites is 1. The van der Waals surface area contributed by atoms with Crippen LogP contribution in [-0.4, -0.2) is 18.1 Å². The highest BCUT2D eigenvalue weighted by molar-refractivity contribution is 7.80. The third-order valence-electron chi connectivity index (χ3n) is 3.04. The first kappa shape index (κ1) is 13.0. The van der Waals surface area contributed by atoms with Crippen LogP contribution in [0.1, 0.15) is 32.3 Å². The van der Waals surface area contributed by atoms with Crippen LogP contribution in [0.4, 0.5) is 5.69 Å². The number of benzene rings is 1. The lowest BCUT2D eigenvalue weighted by molar-refractivity contribution is 0.591. The van der Waals surface area contributed by atoms with Crippen molar-refractivity contribution in [3.63, 3.8) is 0 Å². The van der Waals surface area contributed by atoms with Gasteiger partial charge in [0.25, 0.3) is 0 Å². The van der Waals surface area contributed by atoms with Crippen LogP contribution in [0.2, 0.25) is 0 Å². The molecule has 0 amide bonds. The van der Waals surface area contributed by atoms with Gasteiger partial charge in [-0.3, -0.25) is 0 Å². The molecule has 0 aliphatic rings. The van der Waals surface area contributed by atoms with Crippen molar-refractivity contribution in [3.05, 3.63) is 29.8 Å². The molecule has 16 heavy (non-hydrogen) atoms. The number of nitrogens with zero attached hydrogens (tertiary/aromatic N) is 1. The normalized spacial score (nSPS) is 10.5. The molecule has 3 heteroatoms. The van der Waals surface area contributed by atoms with E-state index in [0.717, 1.165) is 24.1 Å². The minimum atomic E-state index is 0.466. The maximum Gasteiger partial charge on any atom is 0.106 e. The molecule has 0 fully saturated rings. The number of rotatable bonds is 5. The lowest BCUT2D eigenvalue weighted by Gasteiger charge is -2.30. The summed E-state index contributed by atoms with van der Waals surface area (Å²) >= 11 is 5.08. The Bertz CT molecular complexity index is 359. The molecule has 2 N–H and O–H groups in total. The molecule has 1 aromatic carbocycles. The lowest BCUT2D eigenvalue weighted by Crippen LogP contribution is -2.32. The van der Waals surface area contributed by atoms with Crippen LogP contribution < -0.4 is 10.6 Å². The number of nitrogens with two attached hydrogens (primary N) is 1. The highest BCUT2D eigenvalue weighted by Crippen LogP contribution is 2.23. The molecule has 0 radical (unpaired) electrons. The molecule has 2 nitrogen and oxygen atoms in total. The van der Waals surface area contributed by atoms with Crippen LogP contribution in [0.5, 0.6) is 0 Å². The summed E-state index contributed by atoms with van der Waals surface area (Å²) in [6.07, 6.45) is 2.25. The molecular formula is C13H20N2S. The highest BCUT2D eigenvalue weighted by atomic mass is 32.1. The summed E-state index contributed by atoms with van der Waals surface area (Å²) < 4.78 is 0. The summed E-state index contributed by atoms with van der Waals surface area (Å²) in [7, 11) is 2.11. The Morgan fingerprint density at radius 1 is 1.31 bits per heavy atom. The van der Waals surface area contributed by atoms with Crippen LogP contribution in [0.25, 0.3) is 0 Å². The Hall–Kier alpha value is -1.09. The van der Waals surface area contributed by atoms with Crippen molar-refractivity contribution in [2.45, 2.75) is 32.7 Å². The van der Waals surface area contributed by atoms with Gasteiger partial charge in [0.1, 0.15) is 4.99 Å². The van der Waals surface area contributed by atoms with Crippen molar-refractivity contribution >= 4 is 22.9 Å². The predicted octanol–water partition coefficient (Wildman–Crippen LogP) is 2.95. The molecule has 0 saturated heterocycles. The second-order valence-corrected chi connectivity index (χ2v) is 4.40. The van der Waals surface area contributed by atoms with E-state index in [4.69, 9.17) is 18.0 Å². The van der Waals surface area contributed by atoms with Crippen molar-refractivity contribution in [1.82, 2.24) is 0 Å². The maximum absolute atomic E-state index is 5.74. The predicted molar refractivity (Wildman–Crippen MR) is 75.1 cm³/mol. The molecule has 1 rings (SSSR count). The summed E-state index contributed by atoms with van der Waals surface area (Å²) in [5.74, 6) is 0. The number of thiocarbonyl (C=S) groups is 1. The Morgan fingerprint density at radius 3 is 2.38 bits per heavy atom. The second kappa shape index (κ2) is 5.85. The van der Waals surface area contributed by atoms with Crippen LogP contribution in [0, 0.1) is 0 Å². The monoisotopic (exact) mass is 236 g/mol. The van der Waals surface area contributed by atoms with Gasteiger partial charge in [0, 0.05) is 24.3 Å². The average molecular weight is 236 g/mol. The maximum atomic E-state index is 5.74. The molecule has 0 spiro atoms. The van der Waals surface area contributed by atoms with Gasteiger partial charge in [0.15, 0.2) is 0 Å². The zero-order chi connectivity index (χ0) is 12.1. The van der Waals surface area contributed by atoms with E-state index in [1.807, 2.05) is 18.2 Å². The molecule has 1 aromatic rings. The summed E-state index contributed by atoms with van der Waals surface area (Å²) in [4.78, 5) is 2.74. The van der Waals surface area contributed by atoms with Crippen molar-refractivity contribution in [1.29, 1.82) is 0 Å². The zero-order valence-electron chi connectivity index (χ0n) is 10.2. The molecule has 0 saturated carbocycles. The zero-order valence-corrected chi connectivity index (χ0v) is 11.1. The van der Waals surface area contributed by atoms with Crippen molar-refractivity contribution in [3.8, 4) is 0 Å². The topological polar surface area (TPSA) is 29.3 Å². The third kappa shape index (κ3) is 2.73. The molecule has 0 aliphatic heterocycles. The molecular weight excluding hydrogens is 216 g/mol. The van der Waals surface area contributed by atoms with Crippen molar-refractivity contribution < 1.29 is 0 Å². The van der Waals surface area contributed by atoms with Gasteiger partial charge in [-0.15, -0.1) is 0 Å². The van der Waals surface area contributed by atoms with Gasteiger partial charge in [-0.2, -0.15) is 0 Å². The van der Waals surface area contributed by atoms with Gasteiger partial charge < -0.3 is 10.6 Å². The second-order valence-electron chi connectivity index (χ2n) is 3.96. The average Bonchev–Trinajstić information content (AvgIpc) is 2.30. The van der Waals surface area contributed by atoms with Crippen LogP contribution in [0.3, 0.4) is 0 Å². The first-order valence-corrected chi connectivity index (χ1v) is 6.14. The van der Waals surface area contributed by atoms with Gasteiger partial charge in [-0.05, 0) is 25.0 Å². The van der Waals surface area contributed by atoms with Gasteiger partial charge in [-0.1, -0.05) is 38.2 Å². The molecule has 0 heterocycles. The molecule has 88 valence electrons. The molecule has 0 unspecified atom stereocenters. The summed E-state index contributed by atoms with van der Waals surface area (Å²) in [6.45, 7) is 4.40. The smallest absolute Gasteiger partial charge is 0.106 e. The fraction of sp³-hybridized carbons (Fsp3) is 0.462. The van der Waals surface area contributed by atoms with Gasteiger partial charge in [0.2, 0.25) is 0 Å². The highest BCUT2D eigenvalue weighted by Gasteiger charge is 2.14. The van der Waals surface area contributed by atoms with Crippen molar-refractivity contribution in [2.24, 2.45) is 5.73 Å². The molecule has 0 atom stereocenters. The largest absolute Gasteiger partial charge is 0.389 e. The summed E-state index contributed by atoms with van der Waals surface area (Å²) in [6, 6.07) is 8.59. The van der Waals surface area contributed by atoms with E-state index in [0.29, 0.717) is 11.0 Å². The lowest BCUT2D eigenvalue weighted by atomic mass is 10.1. The summed E-state index contributed by atoms with van der Waals surface area (Å²) in [5, 5.41) is 0. The standard InChI is InChI=1S/C13H20N2S/c1-4-10(5-2)15(3)12-9-7-6-8-11(12)13(14)16/h6-10H,4-5H2,1-3H3,(H2,14,16). The Morgan fingerprint density at radius 2 is 1.88 bits per heavy atom. The molecule has 0 aromatic heterocycles. The number of hydrogen-bond acceptors (Lipinski definition) is 2. The van der Waals surface area contributed by atoms with Gasteiger partial charge >= 0.3 is 0 Å². The SMILES string of the molecule is CCC(CC)N(C)c1ccccc1C(N)=S. The quantitative estimate of drug-likeness (QED) is 0.797. The third-order valence-corrected chi connectivity index (χ3v) is 3.26. The summed E-state index contributed by atoms with van der Waals surface area (Å²) in [5.41, 5.74) is 7.83. The Balaban J connectivity index is 3.07. The molecule has 0 bridgehead atoms. The van der Waals surface area contributed by atoms with Crippen LogP contribution >= 0.6 is 12.2 Å².